The molecular formula is C18H19F2N7O. The van der Waals surface area contributed by atoms with Gasteiger partial charge in [-0.15, -0.1) is 0 Å². The van der Waals surface area contributed by atoms with Gasteiger partial charge in [0.1, 0.15) is 5.69 Å². The smallest absolute Gasteiger partial charge is 0.313 e. The van der Waals surface area contributed by atoms with Crippen molar-refractivity contribution in [3.8, 4) is 11.4 Å². The quantitative estimate of drug-likeness (QED) is 0.707. The Labute approximate surface area is 158 Å². The Morgan fingerprint density at radius 2 is 2.00 bits per heavy atom. The van der Waals surface area contributed by atoms with E-state index in [1.54, 1.807) is 17.1 Å². The summed E-state index contributed by atoms with van der Waals surface area (Å²) in [6.45, 7) is -0.550. The zero-order valence-corrected chi connectivity index (χ0v) is 15.2. The molecule has 0 atom stereocenters. The maximum atomic E-state index is 13.9. The Morgan fingerprint density at radius 3 is 2.79 bits per heavy atom. The third kappa shape index (κ3) is 2.71. The summed E-state index contributed by atoms with van der Waals surface area (Å²) in [6.07, 6.45) is 6.58. The van der Waals surface area contributed by atoms with Crippen LogP contribution in [0.25, 0.3) is 22.3 Å². The SMILES string of the molecule is Cn1ncc2cnc(-c3[nH]ncc3NC(=O)N3CC(F)(F)CCC34CC4)cc21. The first-order chi connectivity index (χ1) is 13.4. The second kappa shape index (κ2) is 5.73. The van der Waals surface area contributed by atoms with Gasteiger partial charge in [0, 0.05) is 30.6 Å². The van der Waals surface area contributed by atoms with Gasteiger partial charge in [0.05, 0.1) is 35.8 Å². The van der Waals surface area contributed by atoms with Crippen LogP contribution in [0.15, 0.2) is 24.7 Å². The highest BCUT2D eigenvalue weighted by Crippen LogP contribution is 2.51. The number of rotatable bonds is 2. The molecule has 28 heavy (non-hydrogen) atoms. The van der Waals surface area contributed by atoms with E-state index in [2.05, 4.69) is 25.6 Å². The molecule has 10 heteroatoms. The summed E-state index contributed by atoms with van der Waals surface area (Å²) in [5.74, 6) is -2.85. The number of likely N-dealkylation sites (tertiary alicyclic amines) is 1. The zero-order valence-electron chi connectivity index (χ0n) is 15.2. The van der Waals surface area contributed by atoms with Crippen molar-refractivity contribution in [2.24, 2.45) is 7.05 Å². The van der Waals surface area contributed by atoms with E-state index >= 15 is 0 Å². The number of carbonyl (C=O) groups excluding carboxylic acids is 1. The van der Waals surface area contributed by atoms with Crippen LogP contribution in [0.1, 0.15) is 25.7 Å². The largest absolute Gasteiger partial charge is 0.322 e. The number of aromatic nitrogens is 5. The number of piperidine rings is 1. The number of halogens is 2. The Bertz CT molecular complexity index is 1070. The highest BCUT2D eigenvalue weighted by Gasteiger charge is 2.57. The molecule has 0 bridgehead atoms. The number of nitrogens with one attached hydrogen (secondary N) is 2. The van der Waals surface area contributed by atoms with Crippen molar-refractivity contribution in [3.63, 3.8) is 0 Å². The first-order valence-electron chi connectivity index (χ1n) is 9.15. The van der Waals surface area contributed by atoms with E-state index < -0.39 is 24.0 Å². The molecule has 3 aromatic rings. The molecule has 0 radical (unpaired) electrons. The second-order valence-corrected chi connectivity index (χ2v) is 7.65. The lowest BCUT2D eigenvalue weighted by Gasteiger charge is -2.40. The van der Waals surface area contributed by atoms with Gasteiger partial charge in [-0.05, 0) is 25.3 Å². The molecule has 8 nitrogen and oxygen atoms in total. The summed E-state index contributed by atoms with van der Waals surface area (Å²) in [6, 6.07) is 1.31. The molecule has 2 fully saturated rings. The molecule has 1 aliphatic heterocycles. The van der Waals surface area contributed by atoms with Gasteiger partial charge in [-0.25, -0.2) is 13.6 Å². The number of hydrogen-bond donors (Lipinski definition) is 2. The van der Waals surface area contributed by atoms with Crippen LogP contribution in [0, 0.1) is 0 Å². The molecule has 5 rings (SSSR count). The highest BCUT2D eigenvalue weighted by atomic mass is 19.3. The van der Waals surface area contributed by atoms with Crippen molar-refractivity contribution in [2.75, 3.05) is 11.9 Å². The lowest BCUT2D eigenvalue weighted by atomic mass is 9.97. The first kappa shape index (κ1) is 17.1. The molecule has 146 valence electrons. The van der Waals surface area contributed by atoms with Crippen LogP contribution in [-0.2, 0) is 7.05 Å². The summed E-state index contributed by atoms with van der Waals surface area (Å²) < 4.78 is 29.5. The van der Waals surface area contributed by atoms with E-state index in [9.17, 15) is 13.6 Å². The minimum Gasteiger partial charge on any atom is -0.313 e. The van der Waals surface area contributed by atoms with E-state index in [0.717, 1.165) is 23.7 Å². The number of hydrogen-bond acceptors (Lipinski definition) is 4. The third-order valence-electron chi connectivity index (χ3n) is 5.76. The minimum atomic E-state index is -2.85. The van der Waals surface area contributed by atoms with Crippen LogP contribution in [0.2, 0.25) is 0 Å². The van der Waals surface area contributed by atoms with Gasteiger partial charge in [-0.2, -0.15) is 10.2 Å². The van der Waals surface area contributed by atoms with Crippen molar-refractivity contribution in [2.45, 2.75) is 37.1 Å². The molecule has 1 saturated heterocycles. The predicted molar refractivity (Wildman–Crippen MR) is 98.0 cm³/mol. The first-order valence-corrected chi connectivity index (χ1v) is 9.15. The number of carbonyl (C=O) groups is 1. The number of fused-ring (bicyclic) bond motifs is 1. The van der Waals surface area contributed by atoms with Crippen LogP contribution < -0.4 is 5.32 Å². The lowest BCUT2D eigenvalue weighted by Crippen LogP contribution is -2.54. The number of aryl methyl sites for hydroxylation is 1. The zero-order chi connectivity index (χ0) is 19.5. The third-order valence-corrected chi connectivity index (χ3v) is 5.76. The number of nitrogens with zero attached hydrogens (tertiary/aromatic N) is 5. The molecule has 0 aromatic carbocycles. The number of amides is 2. The monoisotopic (exact) mass is 387 g/mol. The van der Waals surface area contributed by atoms with Gasteiger partial charge < -0.3 is 10.2 Å². The lowest BCUT2D eigenvalue weighted by molar-refractivity contribution is -0.0721. The summed E-state index contributed by atoms with van der Waals surface area (Å²) in [4.78, 5) is 18.5. The fourth-order valence-electron chi connectivity index (χ4n) is 3.92. The van der Waals surface area contributed by atoms with Crippen molar-refractivity contribution in [1.82, 2.24) is 29.9 Å². The van der Waals surface area contributed by atoms with Crippen molar-refractivity contribution in [1.29, 1.82) is 0 Å². The van der Waals surface area contributed by atoms with E-state index in [-0.39, 0.29) is 6.42 Å². The van der Waals surface area contributed by atoms with Gasteiger partial charge in [0.15, 0.2) is 0 Å². The average Bonchev–Trinajstić information content (AvgIpc) is 3.14. The maximum Gasteiger partial charge on any atom is 0.322 e. The van der Waals surface area contributed by atoms with Gasteiger partial charge in [-0.3, -0.25) is 14.8 Å². The Hall–Kier alpha value is -3.04. The fraction of sp³-hybridized carbons (Fsp3) is 0.444. The second-order valence-electron chi connectivity index (χ2n) is 7.65. The van der Waals surface area contributed by atoms with Gasteiger partial charge in [0.25, 0.3) is 5.92 Å². The number of H-pyrrole nitrogens is 1. The minimum absolute atomic E-state index is 0.164. The Balaban J connectivity index is 1.43. The summed E-state index contributed by atoms with van der Waals surface area (Å²) in [5, 5.41) is 14.7. The van der Waals surface area contributed by atoms with E-state index in [0.29, 0.717) is 23.5 Å². The van der Waals surface area contributed by atoms with Crippen molar-refractivity contribution < 1.29 is 13.6 Å². The standard InChI is InChI=1S/C18H19F2N7O/c1-26-14-6-12(21-7-11(14)8-23-26)15-13(9-22-25-15)24-16(28)27-10-18(19,20)5-4-17(27)2-3-17/h6-9H,2-5,10H2,1H3,(H,22,25)(H,24,28). The van der Waals surface area contributed by atoms with Crippen LogP contribution in [0.5, 0.6) is 0 Å². The summed E-state index contributed by atoms with van der Waals surface area (Å²) >= 11 is 0. The maximum absolute atomic E-state index is 13.9. The molecule has 1 spiro atoms. The highest BCUT2D eigenvalue weighted by molar-refractivity contribution is 5.94. The van der Waals surface area contributed by atoms with Crippen molar-refractivity contribution >= 4 is 22.6 Å². The number of anilines is 1. The molecule has 2 amide bonds. The molecule has 4 heterocycles. The Kier molecular flexibility index (Phi) is 3.49. The molecule has 1 aliphatic carbocycles. The topological polar surface area (TPSA) is 91.7 Å². The van der Waals surface area contributed by atoms with Crippen LogP contribution in [0.4, 0.5) is 19.3 Å². The molecular weight excluding hydrogens is 368 g/mol. The van der Waals surface area contributed by atoms with Crippen molar-refractivity contribution in [3.05, 3.63) is 24.7 Å². The molecule has 0 unspecified atom stereocenters. The van der Waals surface area contributed by atoms with E-state index in [1.165, 1.54) is 11.1 Å². The Morgan fingerprint density at radius 1 is 1.21 bits per heavy atom. The fourth-order valence-corrected chi connectivity index (χ4v) is 3.92. The van der Waals surface area contributed by atoms with Gasteiger partial charge in [0.2, 0.25) is 0 Å². The van der Waals surface area contributed by atoms with Crippen LogP contribution in [-0.4, -0.2) is 53.9 Å². The van der Waals surface area contributed by atoms with Crippen LogP contribution in [0.3, 0.4) is 0 Å². The molecule has 2 N–H and O–H groups in total. The van der Waals surface area contributed by atoms with E-state index in [1.807, 2.05) is 13.1 Å². The van der Waals surface area contributed by atoms with Gasteiger partial charge in [-0.1, -0.05) is 0 Å². The number of alkyl halides is 2. The molecule has 1 saturated carbocycles. The molecule has 3 aromatic heterocycles. The summed E-state index contributed by atoms with van der Waals surface area (Å²) in [7, 11) is 1.83. The number of pyridine rings is 1. The van der Waals surface area contributed by atoms with E-state index in [4.69, 9.17) is 0 Å². The summed E-state index contributed by atoms with van der Waals surface area (Å²) in [5.41, 5.74) is 1.97. The average molecular weight is 387 g/mol. The normalized spacial score (nSPS) is 19.9. The van der Waals surface area contributed by atoms with Crippen LogP contribution >= 0.6 is 0 Å². The number of aromatic amines is 1. The number of urea groups is 1. The molecule has 2 aliphatic rings. The van der Waals surface area contributed by atoms with Gasteiger partial charge >= 0.3 is 6.03 Å². The predicted octanol–water partition coefficient (Wildman–Crippen LogP) is 3.15.